The van der Waals surface area contributed by atoms with Gasteiger partial charge in [-0.25, -0.2) is 9.97 Å². The van der Waals surface area contributed by atoms with Crippen molar-refractivity contribution in [2.24, 2.45) is 0 Å². The first-order chi connectivity index (χ1) is 18.4. The van der Waals surface area contributed by atoms with Crippen molar-refractivity contribution < 1.29 is 14.3 Å². The van der Waals surface area contributed by atoms with Crippen molar-refractivity contribution in [2.75, 3.05) is 25.5 Å². The minimum atomic E-state index is -0.247. The van der Waals surface area contributed by atoms with Crippen LogP contribution in [-0.4, -0.2) is 51.9 Å². The molecule has 0 radical (unpaired) electrons. The molecule has 0 spiro atoms. The molecular formula is C27H31ClN6O3S. The minimum Gasteiger partial charge on any atom is -0.481 e. The Kier molecular flexibility index (Phi) is 7.80. The number of nitrogens with one attached hydrogen (secondary N) is 2. The van der Waals surface area contributed by atoms with Crippen LogP contribution in [0.1, 0.15) is 55.5 Å². The largest absolute Gasteiger partial charge is 0.481 e. The molecule has 0 aliphatic carbocycles. The topological polar surface area (TPSA) is 109 Å². The molecule has 3 fully saturated rings. The van der Waals surface area contributed by atoms with Gasteiger partial charge in [0.25, 0.3) is 0 Å². The van der Waals surface area contributed by atoms with Crippen molar-refractivity contribution in [1.82, 2.24) is 25.2 Å². The zero-order chi connectivity index (χ0) is 26.7. The molecule has 6 rings (SSSR count). The Morgan fingerprint density at radius 2 is 2.03 bits per heavy atom. The molecule has 38 heavy (non-hydrogen) atoms. The number of hydrogen-bond acceptors (Lipinski definition) is 8. The Balaban J connectivity index is 0.000000316. The fourth-order valence-corrected chi connectivity index (χ4v) is 6.72. The summed E-state index contributed by atoms with van der Waals surface area (Å²) in [6.07, 6.45) is 8.32. The van der Waals surface area contributed by atoms with Crippen LogP contribution in [0.3, 0.4) is 0 Å². The van der Waals surface area contributed by atoms with Crippen LogP contribution in [0.2, 0.25) is 5.15 Å². The summed E-state index contributed by atoms with van der Waals surface area (Å²) in [5, 5.41) is 7.45. The van der Waals surface area contributed by atoms with Gasteiger partial charge in [0.2, 0.25) is 23.6 Å². The average molecular weight is 555 g/mol. The summed E-state index contributed by atoms with van der Waals surface area (Å²) in [4.78, 5) is 38.7. The predicted molar refractivity (Wildman–Crippen MR) is 148 cm³/mol. The van der Waals surface area contributed by atoms with Crippen molar-refractivity contribution >= 4 is 46.4 Å². The van der Waals surface area contributed by atoms with Crippen molar-refractivity contribution in [2.45, 2.75) is 57.4 Å². The second-order valence-electron chi connectivity index (χ2n) is 9.79. The molecule has 2 N–H and O–H groups in total. The smallest absolute Gasteiger partial charge is 0.230 e. The van der Waals surface area contributed by atoms with Crippen LogP contribution >= 0.6 is 22.9 Å². The second kappa shape index (κ2) is 11.2. The van der Waals surface area contributed by atoms with Crippen LogP contribution in [0.5, 0.6) is 5.88 Å². The number of aryl methyl sites for hydroxylation is 1. The number of amides is 2. The SMILES string of the molecule is COc1ccnc(Nc2cc(C)cc(-c3sc(C45CCCN4C(=O)C5)nc3Cl)c2)n1.O=C1CCCCCN1. The lowest BCUT2D eigenvalue weighted by atomic mass is 9.85. The van der Waals surface area contributed by atoms with E-state index in [4.69, 9.17) is 16.3 Å². The fourth-order valence-electron chi connectivity index (χ4n) is 5.19. The number of halogens is 1. The monoisotopic (exact) mass is 554 g/mol. The molecule has 200 valence electrons. The van der Waals surface area contributed by atoms with Gasteiger partial charge in [-0.15, -0.1) is 11.3 Å². The standard InChI is InChI=1S/C21H20ClN5O2S.C6H11NO/c1-12-8-13(10-14(9-12)24-20-23-6-4-15(25-20)29-2)17-18(22)26-19(30-17)21-5-3-7-27(21)16(28)11-21;8-6-4-2-1-3-5-7-6/h4,6,8-10H,3,5,7,11H2,1-2H3,(H,23,24,25);1-5H2,(H,7,8). The maximum absolute atomic E-state index is 12.0. The Morgan fingerprint density at radius 1 is 1.16 bits per heavy atom. The molecule has 2 amide bonds. The van der Waals surface area contributed by atoms with E-state index >= 15 is 0 Å². The number of carbonyl (C=O) groups is 2. The van der Waals surface area contributed by atoms with Crippen molar-refractivity contribution in [3.05, 3.63) is 46.2 Å². The van der Waals surface area contributed by atoms with Gasteiger partial charge in [-0.3, -0.25) is 9.59 Å². The molecule has 5 heterocycles. The highest BCUT2D eigenvalue weighted by Gasteiger charge is 2.56. The number of hydrogen-bond donors (Lipinski definition) is 2. The van der Waals surface area contributed by atoms with Crippen LogP contribution < -0.4 is 15.4 Å². The van der Waals surface area contributed by atoms with Gasteiger partial charge < -0.3 is 20.3 Å². The molecule has 3 aliphatic heterocycles. The van der Waals surface area contributed by atoms with Crippen LogP contribution in [-0.2, 0) is 15.1 Å². The summed E-state index contributed by atoms with van der Waals surface area (Å²) in [7, 11) is 1.57. The lowest BCUT2D eigenvalue weighted by Gasteiger charge is -2.45. The van der Waals surface area contributed by atoms with E-state index in [0.29, 0.717) is 23.4 Å². The number of benzene rings is 1. The predicted octanol–water partition coefficient (Wildman–Crippen LogP) is 5.21. The van der Waals surface area contributed by atoms with E-state index in [1.54, 1.807) is 30.7 Å². The number of carbonyl (C=O) groups excluding carboxylic acids is 2. The summed E-state index contributed by atoms with van der Waals surface area (Å²) in [6.45, 7) is 3.72. The van der Waals surface area contributed by atoms with Gasteiger partial charge in [0.1, 0.15) is 15.7 Å². The molecule has 1 unspecified atom stereocenters. The first kappa shape index (κ1) is 26.4. The molecule has 2 aromatic heterocycles. The van der Waals surface area contributed by atoms with Gasteiger partial charge in [-0.1, -0.05) is 24.1 Å². The molecule has 3 aliphatic rings. The number of thiazole rings is 1. The highest BCUT2D eigenvalue weighted by atomic mass is 35.5. The maximum Gasteiger partial charge on any atom is 0.230 e. The number of β-lactam (4-membered cyclic amide) rings is 1. The Bertz CT molecular complexity index is 1340. The lowest BCUT2D eigenvalue weighted by Crippen LogP contribution is -2.57. The number of nitrogens with zero attached hydrogens (tertiary/aromatic N) is 4. The molecule has 3 saturated heterocycles. The first-order valence-electron chi connectivity index (χ1n) is 12.9. The summed E-state index contributed by atoms with van der Waals surface area (Å²) in [5.74, 6) is 1.38. The highest BCUT2D eigenvalue weighted by Crippen LogP contribution is 2.52. The quantitative estimate of drug-likeness (QED) is 0.416. The molecule has 0 saturated carbocycles. The van der Waals surface area contributed by atoms with E-state index in [1.807, 2.05) is 24.0 Å². The van der Waals surface area contributed by atoms with Crippen LogP contribution in [0, 0.1) is 6.92 Å². The van der Waals surface area contributed by atoms with Gasteiger partial charge in [-0.2, -0.15) is 4.98 Å². The minimum absolute atomic E-state index is 0.209. The molecule has 3 aromatic rings. The van der Waals surface area contributed by atoms with E-state index < -0.39 is 0 Å². The van der Waals surface area contributed by atoms with Gasteiger partial charge in [-0.05, 0) is 55.9 Å². The number of anilines is 2. The molecular weight excluding hydrogens is 524 g/mol. The van der Waals surface area contributed by atoms with Gasteiger partial charge in [0.15, 0.2) is 0 Å². The van der Waals surface area contributed by atoms with Gasteiger partial charge in [0, 0.05) is 37.5 Å². The molecule has 1 aromatic carbocycles. The van der Waals surface area contributed by atoms with E-state index in [1.165, 1.54) is 6.42 Å². The van der Waals surface area contributed by atoms with Crippen LogP contribution in [0.15, 0.2) is 30.5 Å². The number of aromatic nitrogens is 3. The second-order valence-corrected chi connectivity index (χ2v) is 11.1. The van der Waals surface area contributed by atoms with E-state index in [0.717, 1.165) is 71.9 Å². The van der Waals surface area contributed by atoms with Gasteiger partial charge in [0.05, 0.1) is 18.4 Å². The molecule has 9 nitrogen and oxygen atoms in total. The van der Waals surface area contributed by atoms with Crippen LogP contribution in [0.4, 0.5) is 11.6 Å². The first-order valence-corrected chi connectivity index (χ1v) is 14.1. The zero-order valence-electron chi connectivity index (χ0n) is 21.6. The summed E-state index contributed by atoms with van der Waals surface area (Å²) >= 11 is 8.15. The zero-order valence-corrected chi connectivity index (χ0v) is 23.1. The summed E-state index contributed by atoms with van der Waals surface area (Å²) in [5.41, 5.74) is 2.65. The summed E-state index contributed by atoms with van der Waals surface area (Å²) in [6, 6.07) is 7.80. The third kappa shape index (κ3) is 5.47. The molecule has 0 bridgehead atoms. The molecule has 1 atom stereocenters. The third-order valence-corrected chi connectivity index (χ3v) is 8.74. The van der Waals surface area contributed by atoms with Crippen molar-refractivity contribution in [1.29, 1.82) is 0 Å². The summed E-state index contributed by atoms with van der Waals surface area (Å²) < 4.78 is 5.16. The number of ether oxygens (including phenoxy) is 1. The fraction of sp³-hybridized carbons (Fsp3) is 0.444. The number of methoxy groups -OCH3 is 1. The lowest BCUT2D eigenvalue weighted by molar-refractivity contribution is -0.153. The Labute approximate surface area is 231 Å². The third-order valence-electron chi connectivity index (χ3n) is 7.06. The maximum atomic E-state index is 12.0. The van der Waals surface area contributed by atoms with E-state index in [-0.39, 0.29) is 17.4 Å². The Hall–Kier alpha value is -3.24. The number of fused-ring (bicyclic) bond motifs is 1. The highest BCUT2D eigenvalue weighted by molar-refractivity contribution is 7.16. The van der Waals surface area contributed by atoms with Crippen LogP contribution in [0.25, 0.3) is 10.4 Å². The average Bonchev–Trinajstić information content (AvgIpc) is 3.36. The normalized spacial score (nSPS) is 20.4. The van der Waals surface area contributed by atoms with E-state index in [2.05, 4.69) is 31.7 Å². The molecule has 11 heteroatoms. The van der Waals surface area contributed by atoms with Crippen molar-refractivity contribution in [3.63, 3.8) is 0 Å². The number of rotatable bonds is 5. The van der Waals surface area contributed by atoms with Crippen molar-refractivity contribution in [3.8, 4) is 16.3 Å². The van der Waals surface area contributed by atoms with E-state index in [9.17, 15) is 9.59 Å². The Morgan fingerprint density at radius 3 is 2.84 bits per heavy atom. The van der Waals surface area contributed by atoms with Gasteiger partial charge >= 0.3 is 0 Å².